The Hall–Kier alpha value is -2.69. The number of amidine groups is 2. The maximum Gasteiger partial charge on any atom is 0.282 e. The molecule has 112 valence electrons. The van der Waals surface area contributed by atoms with Crippen molar-refractivity contribution in [2.24, 2.45) is 4.99 Å². The van der Waals surface area contributed by atoms with Gasteiger partial charge in [0.05, 0.1) is 5.57 Å². The van der Waals surface area contributed by atoms with Crippen molar-refractivity contribution in [1.82, 2.24) is 5.06 Å². The largest absolute Gasteiger partial charge is 0.376 e. The van der Waals surface area contributed by atoms with Gasteiger partial charge >= 0.3 is 0 Å². The van der Waals surface area contributed by atoms with E-state index < -0.39 is 5.91 Å². The summed E-state index contributed by atoms with van der Waals surface area (Å²) in [5, 5.41) is 9.42. The Balaban J connectivity index is 1.92. The van der Waals surface area contributed by atoms with Crippen LogP contribution in [0.1, 0.15) is 37.8 Å². The first kappa shape index (κ1) is 14.3. The first-order valence-electron chi connectivity index (χ1n) is 7.15. The van der Waals surface area contributed by atoms with Gasteiger partial charge in [-0.05, 0) is 30.0 Å². The molecule has 1 aromatic rings. The van der Waals surface area contributed by atoms with Crippen LogP contribution in [0, 0.1) is 5.41 Å². The molecule has 5 heteroatoms. The van der Waals surface area contributed by atoms with E-state index in [1.54, 1.807) is 19.1 Å². The predicted octanol–water partition coefficient (Wildman–Crippen LogP) is 3.26. The molecular formula is C17H17N3O2. The third-order valence-electron chi connectivity index (χ3n) is 3.59. The Morgan fingerprint density at radius 2 is 1.95 bits per heavy atom. The SMILES string of the molecule is CC1=CC2=NC(=O)C(=Cc3ccc(C(C)C)cc3)C(=N)N2O1. The Labute approximate surface area is 129 Å². The average molecular weight is 295 g/mol. The molecule has 1 amide bonds. The predicted molar refractivity (Wildman–Crippen MR) is 85.4 cm³/mol. The van der Waals surface area contributed by atoms with E-state index >= 15 is 0 Å². The number of hydrogen-bond donors (Lipinski definition) is 1. The third kappa shape index (κ3) is 2.45. The topological polar surface area (TPSA) is 65.8 Å². The lowest BCUT2D eigenvalue weighted by Crippen LogP contribution is -2.38. The number of nitrogens with zero attached hydrogens (tertiary/aromatic N) is 2. The molecule has 22 heavy (non-hydrogen) atoms. The zero-order valence-corrected chi connectivity index (χ0v) is 12.8. The van der Waals surface area contributed by atoms with Gasteiger partial charge in [0, 0.05) is 6.08 Å². The van der Waals surface area contributed by atoms with Crippen LogP contribution in [0.15, 0.2) is 46.7 Å². The number of carbonyl (C=O) groups is 1. The summed E-state index contributed by atoms with van der Waals surface area (Å²) in [5.41, 5.74) is 2.32. The molecule has 2 heterocycles. The second-order valence-corrected chi connectivity index (χ2v) is 5.64. The van der Waals surface area contributed by atoms with Crippen molar-refractivity contribution in [3.63, 3.8) is 0 Å². The van der Waals surface area contributed by atoms with Gasteiger partial charge in [-0.25, -0.2) is 0 Å². The fourth-order valence-electron chi connectivity index (χ4n) is 2.34. The molecule has 1 N–H and O–H groups in total. The summed E-state index contributed by atoms with van der Waals surface area (Å²) in [6, 6.07) is 7.94. The summed E-state index contributed by atoms with van der Waals surface area (Å²) in [4.78, 5) is 21.5. The van der Waals surface area contributed by atoms with Crippen LogP contribution in [0.3, 0.4) is 0 Å². The van der Waals surface area contributed by atoms with E-state index in [0.29, 0.717) is 17.5 Å². The van der Waals surface area contributed by atoms with Gasteiger partial charge in [0.2, 0.25) is 0 Å². The van der Waals surface area contributed by atoms with Gasteiger partial charge in [-0.3, -0.25) is 10.2 Å². The van der Waals surface area contributed by atoms with Gasteiger partial charge in [0.1, 0.15) is 5.76 Å². The summed E-state index contributed by atoms with van der Waals surface area (Å²) >= 11 is 0. The van der Waals surface area contributed by atoms with Crippen LogP contribution in [0.4, 0.5) is 0 Å². The zero-order valence-electron chi connectivity index (χ0n) is 12.8. The van der Waals surface area contributed by atoms with Gasteiger partial charge in [0.25, 0.3) is 5.91 Å². The molecular weight excluding hydrogens is 278 g/mol. The molecule has 0 unspecified atom stereocenters. The maximum atomic E-state index is 12.1. The number of allylic oxidation sites excluding steroid dienone is 1. The van der Waals surface area contributed by atoms with Crippen LogP contribution in [0.2, 0.25) is 0 Å². The molecule has 0 bridgehead atoms. The van der Waals surface area contributed by atoms with Crippen LogP contribution in [0.5, 0.6) is 0 Å². The standard InChI is InChI=1S/C17H17N3O2/c1-10(2)13-6-4-12(5-7-13)9-14-16(18)20-15(19-17(14)21)8-11(3)22-20/h4-10,18H,1-3H3. The zero-order chi connectivity index (χ0) is 15.9. The van der Waals surface area contributed by atoms with Crippen LogP contribution >= 0.6 is 0 Å². The first-order chi connectivity index (χ1) is 10.5. The van der Waals surface area contributed by atoms with Gasteiger partial charge < -0.3 is 4.84 Å². The van der Waals surface area contributed by atoms with E-state index in [9.17, 15) is 4.79 Å². The summed E-state index contributed by atoms with van der Waals surface area (Å²) < 4.78 is 0. The molecule has 0 aliphatic carbocycles. The summed E-state index contributed by atoms with van der Waals surface area (Å²) in [6.45, 7) is 6.01. The summed E-state index contributed by atoms with van der Waals surface area (Å²) in [6.07, 6.45) is 3.31. The highest BCUT2D eigenvalue weighted by Crippen LogP contribution is 2.24. The minimum absolute atomic E-state index is 0.0102. The molecule has 0 fully saturated rings. The van der Waals surface area contributed by atoms with Gasteiger partial charge in [-0.15, -0.1) is 5.06 Å². The van der Waals surface area contributed by atoms with Crippen LogP contribution < -0.4 is 0 Å². The van der Waals surface area contributed by atoms with Gasteiger partial charge in [-0.2, -0.15) is 4.99 Å². The number of benzene rings is 1. The normalized spacial score (nSPS) is 19.3. The van der Waals surface area contributed by atoms with Crippen molar-refractivity contribution in [2.45, 2.75) is 26.7 Å². The lowest BCUT2D eigenvalue weighted by atomic mass is 10.0. The lowest BCUT2D eigenvalue weighted by Gasteiger charge is -2.23. The average Bonchev–Trinajstić information content (AvgIpc) is 2.84. The smallest absolute Gasteiger partial charge is 0.282 e. The Morgan fingerprint density at radius 1 is 1.27 bits per heavy atom. The molecule has 0 spiro atoms. The fraction of sp³-hybridized carbons (Fsp3) is 0.235. The quantitative estimate of drug-likeness (QED) is 0.852. The highest BCUT2D eigenvalue weighted by molar-refractivity contribution is 6.32. The van der Waals surface area contributed by atoms with E-state index in [-0.39, 0.29) is 11.4 Å². The van der Waals surface area contributed by atoms with Gasteiger partial charge in [0.15, 0.2) is 11.7 Å². The summed E-state index contributed by atoms with van der Waals surface area (Å²) in [5.74, 6) is 1.02. The van der Waals surface area contributed by atoms with Crippen molar-refractivity contribution >= 4 is 23.7 Å². The van der Waals surface area contributed by atoms with Gasteiger partial charge in [-0.1, -0.05) is 38.1 Å². The third-order valence-corrected chi connectivity index (χ3v) is 3.59. The van der Waals surface area contributed by atoms with Crippen LogP contribution in [0.25, 0.3) is 6.08 Å². The van der Waals surface area contributed by atoms with Crippen molar-refractivity contribution < 1.29 is 9.63 Å². The molecule has 0 saturated heterocycles. The minimum atomic E-state index is -0.418. The number of hydroxylamine groups is 2. The van der Waals surface area contributed by atoms with Crippen molar-refractivity contribution in [3.8, 4) is 0 Å². The highest BCUT2D eigenvalue weighted by atomic mass is 16.7. The fourth-order valence-corrected chi connectivity index (χ4v) is 2.34. The molecule has 5 nitrogen and oxygen atoms in total. The Kier molecular flexibility index (Phi) is 3.41. The second kappa shape index (κ2) is 5.26. The molecule has 2 aliphatic heterocycles. The Morgan fingerprint density at radius 3 is 2.59 bits per heavy atom. The van der Waals surface area contributed by atoms with Crippen LogP contribution in [-0.4, -0.2) is 22.6 Å². The first-order valence-corrected chi connectivity index (χ1v) is 7.15. The number of amides is 1. The number of rotatable bonds is 2. The number of fused-ring (bicyclic) bond motifs is 1. The maximum absolute atomic E-state index is 12.1. The molecule has 0 aromatic heterocycles. The van der Waals surface area contributed by atoms with E-state index in [4.69, 9.17) is 10.2 Å². The molecule has 3 rings (SSSR count). The van der Waals surface area contributed by atoms with E-state index in [1.165, 1.54) is 10.6 Å². The Bertz CT molecular complexity index is 740. The molecule has 1 aromatic carbocycles. The highest BCUT2D eigenvalue weighted by Gasteiger charge is 2.34. The van der Waals surface area contributed by atoms with Crippen molar-refractivity contribution in [1.29, 1.82) is 5.41 Å². The van der Waals surface area contributed by atoms with E-state index in [1.807, 2.05) is 24.3 Å². The van der Waals surface area contributed by atoms with E-state index in [0.717, 1.165) is 5.56 Å². The molecule has 0 atom stereocenters. The monoisotopic (exact) mass is 295 g/mol. The van der Waals surface area contributed by atoms with E-state index in [2.05, 4.69) is 18.8 Å². The minimum Gasteiger partial charge on any atom is -0.376 e. The molecule has 0 radical (unpaired) electrons. The lowest BCUT2D eigenvalue weighted by molar-refractivity contribution is -0.114. The second-order valence-electron chi connectivity index (χ2n) is 5.64. The molecule has 0 saturated carbocycles. The van der Waals surface area contributed by atoms with Crippen LogP contribution in [-0.2, 0) is 9.63 Å². The number of carbonyl (C=O) groups excluding carboxylic acids is 1. The van der Waals surface area contributed by atoms with Crippen molar-refractivity contribution in [2.75, 3.05) is 0 Å². The number of hydrogen-bond acceptors (Lipinski definition) is 3. The molecule has 2 aliphatic rings. The number of nitrogens with one attached hydrogen (secondary N) is 1. The number of aliphatic imine (C=N–C) groups is 1. The summed E-state index contributed by atoms with van der Waals surface area (Å²) in [7, 11) is 0. The van der Waals surface area contributed by atoms with Crippen molar-refractivity contribution in [3.05, 3.63) is 52.8 Å².